The van der Waals surface area contributed by atoms with Gasteiger partial charge in [-0.05, 0) is 57.4 Å². The van der Waals surface area contributed by atoms with Crippen molar-refractivity contribution >= 4 is 28.1 Å². The fourth-order valence-electron chi connectivity index (χ4n) is 2.00. The van der Waals surface area contributed by atoms with Gasteiger partial charge in [0.2, 0.25) is 5.91 Å². The predicted molar refractivity (Wildman–Crippen MR) is 94.8 cm³/mol. The fraction of sp³-hybridized carbons (Fsp3) is 0.176. The first-order chi connectivity index (χ1) is 11.5. The van der Waals surface area contributed by atoms with Crippen LogP contribution in [0.3, 0.4) is 0 Å². The van der Waals surface area contributed by atoms with Crippen LogP contribution in [0.15, 0.2) is 46.0 Å². The highest BCUT2D eigenvalue weighted by Gasteiger charge is 2.06. The Morgan fingerprint density at radius 3 is 2.62 bits per heavy atom. The lowest BCUT2D eigenvalue weighted by atomic mass is 10.1. The molecule has 2 N–H and O–H groups in total. The molecule has 0 radical (unpaired) electrons. The van der Waals surface area contributed by atoms with Gasteiger partial charge in [0.1, 0.15) is 5.75 Å². The van der Waals surface area contributed by atoms with Gasteiger partial charge in [0.25, 0.3) is 0 Å². The van der Waals surface area contributed by atoms with E-state index in [9.17, 15) is 9.90 Å². The van der Waals surface area contributed by atoms with Crippen LogP contribution in [0.4, 0.5) is 0 Å². The third kappa shape index (κ3) is 4.73. The molecule has 0 aliphatic carbocycles. The van der Waals surface area contributed by atoms with E-state index in [0.717, 1.165) is 10.0 Å². The van der Waals surface area contributed by atoms with Gasteiger partial charge in [-0.25, -0.2) is 5.43 Å². The van der Waals surface area contributed by atoms with E-state index in [0.29, 0.717) is 17.1 Å². The minimum atomic E-state index is -0.242. The van der Waals surface area contributed by atoms with Gasteiger partial charge in [-0.3, -0.25) is 4.79 Å². The van der Waals surface area contributed by atoms with E-state index < -0.39 is 0 Å². The molecule has 24 heavy (non-hydrogen) atoms. The number of carbonyl (C=O) groups excluding carboxylic acids is 1. The summed E-state index contributed by atoms with van der Waals surface area (Å²) in [5, 5.41) is 13.4. The molecule has 0 fully saturated rings. The van der Waals surface area contributed by atoms with Gasteiger partial charge in [0, 0.05) is 0 Å². The minimum absolute atomic E-state index is 0.0452. The summed E-state index contributed by atoms with van der Waals surface area (Å²) in [6.07, 6.45) is 1.67. The average Bonchev–Trinajstić information content (AvgIpc) is 2.56. The number of halogens is 1. The summed E-state index contributed by atoms with van der Waals surface area (Å²) in [6, 6.07) is 10.2. The smallest absolute Gasteiger partial charge is 0.244 e. The van der Waals surface area contributed by atoms with Crippen molar-refractivity contribution < 1.29 is 19.4 Å². The van der Waals surface area contributed by atoms with Crippen LogP contribution in [0.1, 0.15) is 11.1 Å². The van der Waals surface area contributed by atoms with Crippen LogP contribution in [0.2, 0.25) is 0 Å². The number of phenols is 1. The normalized spacial score (nSPS) is 10.6. The largest absolute Gasteiger partial charge is 0.504 e. The topological polar surface area (TPSA) is 80.2 Å². The van der Waals surface area contributed by atoms with Gasteiger partial charge in [-0.2, -0.15) is 5.10 Å². The number of hydrogen-bond donors (Lipinski definition) is 2. The summed E-state index contributed by atoms with van der Waals surface area (Å²) in [6.45, 7) is 0. The highest BCUT2D eigenvalue weighted by molar-refractivity contribution is 9.10. The van der Waals surface area contributed by atoms with E-state index >= 15 is 0 Å². The molecule has 1 amide bonds. The number of hydrogen-bond acceptors (Lipinski definition) is 5. The molecule has 0 spiro atoms. The van der Waals surface area contributed by atoms with E-state index in [4.69, 9.17) is 9.47 Å². The summed E-state index contributed by atoms with van der Waals surface area (Å²) in [7, 11) is 3.05. The fourth-order valence-corrected chi connectivity index (χ4v) is 2.59. The lowest BCUT2D eigenvalue weighted by Crippen LogP contribution is -2.19. The predicted octanol–water partition coefficient (Wildman–Crippen LogP) is 2.86. The average molecular weight is 393 g/mol. The standard InChI is InChI=1S/C17H17BrN2O4/c1-23-15-6-4-11(7-13(15)18)9-17(22)20-19-10-12-3-5-14(21)16(8-12)24-2/h3-8,10,21H,9H2,1-2H3,(H,20,22)/b19-10-. The number of phenolic OH excluding ortho intramolecular Hbond substituents is 1. The van der Waals surface area contributed by atoms with E-state index in [2.05, 4.69) is 26.5 Å². The van der Waals surface area contributed by atoms with Crippen molar-refractivity contribution in [3.63, 3.8) is 0 Å². The van der Waals surface area contributed by atoms with Crippen molar-refractivity contribution in [1.82, 2.24) is 5.43 Å². The lowest BCUT2D eigenvalue weighted by Gasteiger charge is -2.06. The Hall–Kier alpha value is -2.54. The molecule has 0 heterocycles. The second-order valence-electron chi connectivity index (χ2n) is 4.87. The molecule has 0 saturated carbocycles. The summed E-state index contributed by atoms with van der Waals surface area (Å²) >= 11 is 3.38. The number of hydrazone groups is 1. The Labute approximate surface area is 148 Å². The highest BCUT2D eigenvalue weighted by atomic mass is 79.9. The quantitative estimate of drug-likeness (QED) is 0.584. The minimum Gasteiger partial charge on any atom is -0.504 e. The summed E-state index contributed by atoms with van der Waals surface area (Å²) < 4.78 is 10.9. The summed E-state index contributed by atoms with van der Waals surface area (Å²) in [5.74, 6) is 0.852. The van der Waals surface area contributed by atoms with Crippen LogP contribution < -0.4 is 14.9 Å². The number of nitrogens with zero attached hydrogens (tertiary/aromatic N) is 1. The van der Waals surface area contributed by atoms with Crippen LogP contribution in [0.5, 0.6) is 17.2 Å². The number of amides is 1. The Balaban J connectivity index is 1.94. The van der Waals surface area contributed by atoms with Crippen LogP contribution in [-0.2, 0) is 11.2 Å². The first kappa shape index (κ1) is 17.8. The Morgan fingerprint density at radius 1 is 1.21 bits per heavy atom. The molecule has 2 aromatic carbocycles. The first-order valence-corrected chi connectivity index (χ1v) is 7.84. The van der Waals surface area contributed by atoms with Crippen molar-refractivity contribution in [2.75, 3.05) is 14.2 Å². The SMILES string of the molecule is COc1cc(/C=N\NC(=O)Cc2ccc(OC)c(Br)c2)ccc1O. The van der Waals surface area contributed by atoms with Crippen LogP contribution in [-0.4, -0.2) is 31.4 Å². The number of ether oxygens (including phenoxy) is 2. The molecule has 0 saturated heterocycles. The van der Waals surface area contributed by atoms with Gasteiger partial charge in [0.15, 0.2) is 11.5 Å². The number of aromatic hydroxyl groups is 1. The third-order valence-corrected chi connectivity index (χ3v) is 3.81. The lowest BCUT2D eigenvalue weighted by molar-refractivity contribution is -0.120. The maximum atomic E-state index is 11.9. The maximum Gasteiger partial charge on any atom is 0.244 e. The van der Waals surface area contributed by atoms with Crippen molar-refractivity contribution in [3.8, 4) is 17.2 Å². The molecule has 7 heteroatoms. The van der Waals surface area contributed by atoms with Crippen LogP contribution in [0.25, 0.3) is 0 Å². The Kier molecular flexibility index (Phi) is 6.20. The number of carbonyl (C=O) groups is 1. The van der Waals surface area contributed by atoms with E-state index in [-0.39, 0.29) is 18.1 Å². The summed E-state index contributed by atoms with van der Waals surface area (Å²) in [5.41, 5.74) is 3.99. The van der Waals surface area contributed by atoms with Gasteiger partial charge < -0.3 is 14.6 Å². The van der Waals surface area contributed by atoms with Crippen molar-refractivity contribution in [2.24, 2.45) is 5.10 Å². The molecule has 0 aliphatic rings. The number of nitrogens with one attached hydrogen (secondary N) is 1. The van der Waals surface area contributed by atoms with Gasteiger partial charge in [-0.1, -0.05) is 6.07 Å². The van der Waals surface area contributed by atoms with Crippen molar-refractivity contribution in [2.45, 2.75) is 6.42 Å². The third-order valence-electron chi connectivity index (χ3n) is 3.19. The highest BCUT2D eigenvalue weighted by Crippen LogP contribution is 2.26. The second-order valence-corrected chi connectivity index (χ2v) is 5.72. The molecule has 0 unspecified atom stereocenters. The van der Waals surface area contributed by atoms with E-state index in [1.165, 1.54) is 19.4 Å². The Bertz CT molecular complexity index is 762. The molecule has 0 aromatic heterocycles. The zero-order valence-corrected chi connectivity index (χ0v) is 14.8. The molecule has 2 aromatic rings. The second kappa shape index (κ2) is 8.35. The van der Waals surface area contributed by atoms with Crippen LogP contribution in [0, 0.1) is 0 Å². The van der Waals surface area contributed by atoms with Gasteiger partial charge in [0.05, 0.1) is 31.3 Å². The molecule has 0 bridgehead atoms. The number of benzene rings is 2. The van der Waals surface area contributed by atoms with Crippen molar-refractivity contribution in [3.05, 3.63) is 52.0 Å². The zero-order chi connectivity index (χ0) is 17.5. The van der Waals surface area contributed by atoms with Crippen molar-refractivity contribution in [1.29, 1.82) is 0 Å². The maximum absolute atomic E-state index is 11.9. The number of rotatable bonds is 6. The van der Waals surface area contributed by atoms with Crippen LogP contribution >= 0.6 is 15.9 Å². The van der Waals surface area contributed by atoms with E-state index in [1.54, 1.807) is 25.3 Å². The molecule has 0 atom stereocenters. The molecule has 0 aliphatic heterocycles. The molecular formula is C17H17BrN2O4. The summed E-state index contributed by atoms with van der Waals surface area (Å²) in [4.78, 5) is 11.9. The van der Waals surface area contributed by atoms with E-state index in [1.807, 2.05) is 12.1 Å². The zero-order valence-electron chi connectivity index (χ0n) is 13.2. The first-order valence-electron chi connectivity index (χ1n) is 7.05. The Morgan fingerprint density at radius 2 is 1.96 bits per heavy atom. The number of methoxy groups -OCH3 is 2. The van der Waals surface area contributed by atoms with Gasteiger partial charge in [-0.15, -0.1) is 0 Å². The molecule has 2 rings (SSSR count). The van der Waals surface area contributed by atoms with Gasteiger partial charge >= 0.3 is 0 Å². The monoisotopic (exact) mass is 392 g/mol. The molecular weight excluding hydrogens is 376 g/mol. The molecule has 6 nitrogen and oxygen atoms in total. The molecule has 126 valence electrons.